The van der Waals surface area contributed by atoms with Crippen LogP contribution in [0.5, 0.6) is 0 Å². The molecule has 0 amide bonds. The van der Waals surface area contributed by atoms with E-state index >= 15 is 0 Å². The zero-order valence-electron chi connectivity index (χ0n) is 7.26. The number of imidazole rings is 1. The molecule has 12 heavy (non-hydrogen) atoms. The molecule has 0 aliphatic carbocycles. The molecular weight excluding hydrogens is 216 g/mol. The second-order valence-electron chi connectivity index (χ2n) is 2.67. The van der Waals surface area contributed by atoms with Gasteiger partial charge in [0, 0.05) is 12.7 Å². The van der Waals surface area contributed by atoms with Crippen LogP contribution in [0.2, 0.25) is 0 Å². The van der Waals surface area contributed by atoms with Gasteiger partial charge in [-0.05, 0) is 28.4 Å². The molecule has 1 rings (SSSR count). The molecule has 3 heteroatoms. The Kier molecular flexibility index (Phi) is 3.53. The van der Waals surface area contributed by atoms with Gasteiger partial charge in [-0.3, -0.25) is 0 Å². The van der Waals surface area contributed by atoms with E-state index < -0.39 is 0 Å². The van der Waals surface area contributed by atoms with Crippen molar-refractivity contribution >= 4 is 22.0 Å². The van der Waals surface area contributed by atoms with Gasteiger partial charge >= 0.3 is 0 Å². The van der Waals surface area contributed by atoms with Gasteiger partial charge in [-0.2, -0.15) is 0 Å². The van der Waals surface area contributed by atoms with Crippen LogP contribution >= 0.6 is 15.9 Å². The van der Waals surface area contributed by atoms with E-state index in [9.17, 15) is 0 Å². The summed E-state index contributed by atoms with van der Waals surface area (Å²) in [6.45, 7) is 6.91. The van der Waals surface area contributed by atoms with E-state index in [-0.39, 0.29) is 0 Å². The molecule has 0 unspecified atom stereocenters. The highest BCUT2D eigenvalue weighted by molar-refractivity contribution is 9.10. The average molecular weight is 229 g/mol. The van der Waals surface area contributed by atoms with E-state index in [1.165, 1.54) is 12.8 Å². The Hall–Kier alpha value is -0.570. The number of hydrogen-bond acceptors (Lipinski definition) is 1. The summed E-state index contributed by atoms with van der Waals surface area (Å²) in [5.74, 6) is 0.940. The van der Waals surface area contributed by atoms with E-state index in [1.807, 2.05) is 6.20 Å². The van der Waals surface area contributed by atoms with Crippen LogP contribution < -0.4 is 0 Å². The molecule has 0 aliphatic rings. The lowest BCUT2D eigenvalue weighted by Crippen LogP contribution is -1.98. The second-order valence-corrected chi connectivity index (χ2v) is 3.49. The molecular formula is C9H13BrN2. The first kappa shape index (κ1) is 9.52. The van der Waals surface area contributed by atoms with Gasteiger partial charge in [-0.25, -0.2) is 4.98 Å². The van der Waals surface area contributed by atoms with Crippen LogP contribution in [0.3, 0.4) is 0 Å². The summed E-state index contributed by atoms with van der Waals surface area (Å²) in [5.41, 5.74) is 0. The standard InChI is InChI=1S/C9H13BrN2/c1-3-5-6-12-7-8(10)11-9(12)4-2/h4,7H,2-3,5-6H2,1H3. The van der Waals surface area contributed by atoms with Gasteiger partial charge in [0.15, 0.2) is 0 Å². The molecule has 0 spiro atoms. The van der Waals surface area contributed by atoms with Gasteiger partial charge in [0.1, 0.15) is 10.4 Å². The maximum Gasteiger partial charge on any atom is 0.133 e. The van der Waals surface area contributed by atoms with Gasteiger partial charge in [-0.15, -0.1) is 0 Å². The maximum absolute atomic E-state index is 4.24. The highest BCUT2D eigenvalue weighted by Crippen LogP contribution is 2.11. The van der Waals surface area contributed by atoms with E-state index in [0.29, 0.717) is 0 Å². The Balaban J connectivity index is 2.74. The molecule has 0 N–H and O–H groups in total. The first-order valence-corrected chi connectivity index (χ1v) is 4.92. The molecule has 0 fully saturated rings. The van der Waals surface area contributed by atoms with Crippen LogP contribution in [0.15, 0.2) is 17.4 Å². The SMILES string of the molecule is C=Cc1nc(Br)cn1CCCC. The van der Waals surface area contributed by atoms with Crippen LogP contribution in [0.25, 0.3) is 6.08 Å². The molecule has 0 aromatic carbocycles. The fourth-order valence-electron chi connectivity index (χ4n) is 1.07. The molecule has 66 valence electrons. The van der Waals surface area contributed by atoms with Crippen molar-refractivity contribution in [1.82, 2.24) is 9.55 Å². The minimum atomic E-state index is 0.883. The monoisotopic (exact) mass is 228 g/mol. The van der Waals surface area contributed by atoms with Gasteiger partial charge in [0.2, 0.25) is 0 Å². The molecule has 1 heterocycles. The Morgan fingerprint density at radius 3 is 3.08 bits per heavy atom. The maximum atomic E-state index is 4.24. The first-order valence-electron chi connectivity index (χ1n) is 4.13. The van der Waals surface area contributed by atoms with Gasteiger partial charge < -0.3 is 4.57 Å². The Morgan fingerprint density at radius 2 is 2.50 bits per heavy atom. The van der Waals surface area contributed by atoms with Crippen LogP contribution in [0.4, 0.5) is 0 Å². The van der Waals surface area contributed by atoms with Gasteiger partial charge in [-0.1, -0.05) is 19.9 Å². The lowest BCUT2D eigenvalue weighted by molar-refractivity contribution is 0.627. The van der Waals surface area contributed by atoms with Crippen LogP contribution in [-0.4, -0.2) is 9.55 Å². The fourth-order valence-corrected chi connectivity index (χ4v) is 1.50. The van der Waals surface area contributed by atoms with E-state index in [0.717, 1.165) is 17.0 Å². The van der Waals surface area contributed by atoms with Crippen molar-refractivity contribution in [2.24, 2.45) is 0 Å². The van der Waals surface area contributed by atoms with E-state index in [4.69, 9.17) is 0 Å². The summed E-state index contributed by atoms with van der Waals surface area (Å²) in [4.78, 5) is 4.24. The van der Waals surface area contributed by atoms with Crippen molar-refractivity contribution < 1.29 is 0 Å². The highest BCUT2D eigenvalue weighted by atomic mass is 79.9. The Morgan fingerprint density at radius 1 is 1.75 bits per heavy atom. The molecule has 0 saturated carbocycles. The number of halogens is 1. The zero-order valence-corrected chi connectivity index (χ0v) is 8.84. The molecule has 2 nitrogen and oxygen atoms in total. The number of unbranched alkanes of at least 4 members (excludes halogenated alkanes) is 1. The van der Waals surface area contributed by atoms with Crippen molar-refractivity contribution in [2.45, 2.75) is 26.3 Å². The molecule has 1 aromatic heterocycles. The third-order valence-electron chi connectivity index (χ3n) is 1.71. The third-order valence-corrected chi connectivity index (χ3v) is 2.10. The number of aromatic nitrogens is 2. The summed E-state index contributed by atoms with van der Waals surface area (Å²) >= 11 is 3.34. The topological polar surface area (TPSA) is 17.8 Å². The molecule has 0 radical (unpaired) electrons. The number of nitrogens with zero attached hydrogens (tertiary/aromatic N) is 2. The van der Waals surface area contributed by atoms with Crippen molar-refractivity contribution in [2.75, 3.05) is 0 Å². The number of rotatable bonds is 4. The predicted molar refractivity (Wildman–Crippen MR) is 54.9 cm³/mol. The lowest BCUT2D eigenvalue weighted by Gasteiger charge is -2.01. The summed E-state index contributed by atoms with van der Waals surface area (Å²) < 4.78 is 2.99. The van der Waals surface area contributed by atoms with Crippen LogP contribution in [0, 0.1) is 0 Å². The van der Waals surface area contributed by atoms with E-state index in [2.05, 4.69) is 39.0 Å². The average Bonchev–Trinajstić information content (AvgIpc) is 2.42. The fraction of sp³-hybridized carbons (Fsp3) is 0.444. The molecule has 0 aliphatic heterocycles. The van der Waals surface area contributed by atoms with Crippen molar-refractivity contribution in [3.8, 4) is 0 Å². The smallest absolute Gasteiger partial charge is 0.133 e. The van der Waals surface area contributed by atoms with Gasteiger partial charge in [0.05, 0.1) is 0 Å². The lowest BCUT2D eigenvalue weighted by atomic mass is 10.3. The Bertz CT molecular complexity index is 265. The molecule has 1 aromatic rings. The first-order chi connectivity index (χ1) is 5.77. The van der Waals surface area contributed by atoms with Crippen LogP contribution in [-0.2, 0) is 6.54 Å². The quantitative estimate of drug-likeness (QED) is 0.775. The third kappa shape index (κ3) is 2.21. The summed E-state index contributed by atoms with van der Waals surface area (Å²) in [5, 5.41) is 0. The van der Waals surface area contributed by atoms with Gasteiger partial charge in [0.25, 0.3) is 0 Å². The molecule has 0 bridgehead atoms. The van der Waals surface area contributed by atoms with Crippen molar-refractivity contribution in [3.63, 3.8) is 0 Å². The largest absolute Gasteiger partial charge is 0.330 e. The molecule has 0 atom stereocenters. The Labute approximate surface area is 81.4 Å². The number of aryl methyl sites for hydroxylation is 1. The molecule has 0 saturated heterocycles. The zero-order chi connectivity index (χ0) is 8.97. The minimum absolute atomic E-state index is 0.883. The van der Waals surface area contributed by atoms with Crippen LogP contribution in [0.1, 0.15) is 25.6 Å². The minimum Gasteiger partial charge on any atom is -0.330 e. The summed E-state index contributed by atoms with van der Waals surface area (Å²) in [6, 6.07) is 0. The second kappa shape index (κ2) is 4.45. The number of hydrogen-bond donors (Lipinski definition) is 0. The highest BCUT2D eigenvalue weighted by Gasteiger charge is 2.00. The predicted octanol–water partition coefficient (Wildman–Crippen LogP) is 3.09. The summed E-state index contributed by atoms with van der Waals surface area (Å²) in [6.07, 6.45) is 6.16. The van der Waals surface area contributed by atoms with Crippen molar-refractivity contribution in [1.29, 1.82) is 0 Å². The normalized spacial score (nSPS) is 10.2. The summed E-state index contributed by atoms with van der Waals surface area (Å²) in [7, 11) is 0. The van der Waals surface area contributed by atoms with Crippen molar-refractivity contribution in [3.05, 3.63) is 23.2 Å². The van der Waals surface area contributed by atoms with E-state index in [1.54, 1.807) is 6.08 Å².